The number of amides is 1. The van der Waals surface area contributed by atoms with E-state index in [2.05, 4.69) is 6.58 Å². The van der Waals surface area contributed by atoms with E-state index >= 15 is 0 Å². The lowest BCUT2D eigenvalue weighted by atomic mass is 9.81. The topological polar surface area (TPSA) is 55.8 Å². The van der Waals surface area contributed by atoms with Crippen molar-refractivity contribution in [1.29, 1.82) is 0 Å². The largest absolute Gasteiger partial charge is 0.444 e. The molecule has 0 spiro atoms. The molecule has 136 valence electrons. The summed E-state index contributed by atoms with van der Waals surface area (Å²) in [6, 6.07) is -0.940. The van der Waals surface area contributed by atoms with E-state index in [9.17, 15) is 22.8 Å². The summed E-state index contributed by atoms with van der Waals surface area (Å²) < 4.78 is 48.9. The minimum Gasteiger partial charge on any atom is -0.444 e. The fourth-order valence-electron chi connectivity index (χ4n) is 3.13. The average molecular weight is 349 g/mol. The number of ketones is 1. The Hall–Kier alpha value is -1.57. The number of allylic oxidation sites excluding steroid dienone is 1. The van der Waals surface area contributed by atoms with Crippen LogP contribution in [0.3, 0.4) is 0 Å². The van der Waals surface area contributed by atoms with E-state index in [1.54, 1.807) is 20.8 Å². The number of carbonyl (C=O) groups is 2. The zero-order valence-electron chi connectivity index (χ0n) is 14.0. The molecule has 8 heteroatoms. The van der Waals surface area contributed by atoms with Gasteiger partial charge in [0.15, 0.2) is 5.78 Å². The molecule has 2 unspecified atom stereocenters. The monoisotopic (exact) mass is 349 g/mol. The number of hydrogen-bond donors (Lipinski definition) is 0. The molecule has 0 N–H and O–H groups in total. The number of Topliss-reactive ketones (excluding diaryl/α,β-unsaturated/α-hetero) is 1. The Morgan fingerprint density at radius 1 is 1.12 bits per heavy atom. The highest BCUT2D eigenvalue weighted by Crippen LogP contribution is 2.36. The van der Waals surface area contributed by atoms with E-state index < -0.39 is 47.2 Å². The van der Waals surface area contributed by atoms with Gasteiger partial charge >= 0.3 is 12.3 Å². The summed E-state index contributed by atoms with van der Waals surface area (Å²) in [4.78, 5) is 26.0. The van der Waals surface area contributed by atoms with Gasteiger partial charge in [-0.15, -0.1) is 0 Å². The summed E-state index contributed by atoms with van der Waals surface area (Å²) >= 11 is 0. The molecule has 0 aliphatic carbocycles. The van der Waals surface area contributed by atoms with Gasteiger partial charge in [0.05, 0.1) is 30.9 Å². The highest BCUT2D eigenvalue weighted by molar-refractivity contribution is 5.98. The summed E-state index contributed by atoms with van der Waals surface area (Å²) in [7, 11) is 0. The normalized spacial score (nSPS) is 27.6. The lowest BCUT2D eigenvalue weighted by Gasteiger charge is -2.48. The maximum absolute atomic E-state index is 12.7. The van der Waals surface area contributed by atoms with Gasteiger partial charge in [-0.2, -0.15) is 13.2 Å². The third kappa shape index (κ3) is 4.09. The van der Waals surface area contributed by atoms with Crippen molar-refractivity contribution in [2.75, 3.05) is 13.2 Å². The van der Waals surface area contributed by atoms with Gasteiger partial charge in [0.1, 0.15) is 5.60 Å². The van der Waals surface area contributed by atoms with Crippen molar-refractivity contribution in [2.24, 2.45) is 5.92 Å². The van der Waals surface area contributed by atoms with E-state index in [0.29, 0.717) is 0 Å². The van der Waals surface area contributed by atoms with Crippen LogP contribution in [0.2, 0.25) is 0 Å². The molecule has 5 nitrogen and oxygen atoms in total. The first kappa shape index (κ1) is 18.8. The number of halogens is 3. The average Bonchev–Trinajstić information content (AvgIpc) is 2.41. The van der Waals surface area contributed by atoms with Crippen LogP contribution in [0.15, 0.2) is 12.2 Å². The molecular weight excluding hydrogens is 327 g/mol. The highest BCUT2D eigenvalue weighted by Gasteiger charge is 2.48. The minimum absolute atomic E-state index is 0.115. The van der Waals surface area contributed by atoms with Crippen molar-refractivity contribution >= 4 is 11.9 Å². The van der Waals surface area contributed by atoms with Crippen LogP contribution in [0.5, 0.6) is 0 Å². The van der Waals surface area contributed by atoms with Gasteiger partial charge in [0.2, 0.25) is 0 Å². The molecule has 2 aliphatic heterocycles. The molecule has 2 atom stereocenters. The summed E-state index contributed by atoms with van der Waals surface area (Å²) in [5.74, 6) is -1.81. The molecule has 2 aliphatic rings. The van der Waals surface area contributed by atoms with Crippen LogP contribution in [-0.2, 0) is 14.3 Å². The van der Waals surface area contributed by atoms with Gasteiger partial charge in [-0.25, -0.2) is 4.79 Å². The summed E-state index contributed by atoms with van der Waals surface area (Å²) in [5, 5.41) is 0. The van der Waals surface area contributed by atoms with Crippen LogP contribution in [0.4, 0.5) is 18.0 Å². The van der Waals surface area contributed by atoms with E-state index in [0.717, 1.165) is 0 Å². The number of rotatable bonds is 2. The quantitative estimate of drug-likeness (QED) is 0.719. The van der Waals surface area contributed by atoms with Crippen molar-refractivity contribution in [2.45, 2.75) is 57.5 Å². The van der Waals surface area contributed by atoms with E-state index in [1.807, 2.05) is 0 Å². The Morgan fingerprint density at radius 3 is 2.04 bits per heavy atom. The molecule has 2 heterocycles. The molecule has 2 saturated heterocycles. The Bertz CT molecular complexity index is 524. The standard InChI is InChI=1S/C16H22F3NO4/c1-9(16(17,18)19)13(21)10-5-11-7-23-8-12(6-10)20(11)14(22)24-15(2,3)4/h10-12H,1,5-8H2,2-4H3. The lowest BCUT2D eigenvalue weighted by Crippen LogP contribution is -2.60. The smallest absolute Gasteiger partial charge is 0.419 e. The van der Waals surface area contributed by atoms with Gasteiger partial charge in [-0.3, -0.25) is 9.69 Å². The molecule has 2 rings (SSSR count). The first-order valence-corrected chi connectivity index (χ1v) is 7.79. The lowest BCUT2D eigenvalue weighted by molar-refractivity contribution is -0.139. The number of hydrogen-bond acceptors (Lipinski definition) is 4. The maximum Gasteiger partial charge on any atom is 0.419 e. The Balaban J connectivity index is 2.12. The van der Waals surface area contributed by atoms with Crippen LogP contribution in [0, 0.1) is 5.92 Å². The molecule has 2 bridgehead atoms. The Morgan fingerprint density at radius 2 is 1.62 bits per heavy atom. The van der Waals surface area contributed by atoms with Crippen LogP contribution >= 0.6 is 0 Å². The van der Waals surface area contributed by atoms with Gasteiger partial charge < -0.3 is 9.47 Å². The first-order valence-electron chi connectivity index (χ1n) is 7.79. The number of piperidine rings is 1. The van der Waals surface area contributed by atoms with Crippen molar-refractivity contribution < 1.29 is 32.2 Å². The number of alkyl halides is 3. The van der Waals surface area contributed by atoms with E-state index in [-0.39, 0.29) is 26.1 Å². The van der Waals surface area contributed by atoms with Gasteiger partial charge in [-0.1, -0.05) is 6.58 Å². The van der Waals surface area contributed by atoms with Crippen LogP contribution in [-0.4, -0.2) is 53.9 Å². The second-order valence-corrected chi connectivity index (χ2v) is 7.24. The second-order valence-electron chi connectivity index (χ2n) is 7.24. The third-order valence-electron chi connectivity index (χ3n) is 4.14. The molecule has 0 saturated carbocycles. The molecule has 0 radical (unpaired) electrons. The summed E-state index contributed by atoms with van der Waals surface area (Å²) in [5.41, 5.74) is -2.01. The number of carbonyl (C=O) groups excluding carboxylic acids is 2. The van der Waals surface area contributed by atoms with Crippen LogP contribution < -0.4 is 0 Å². The molecule has 0 aromatic carbocycles. The van der Waals surface area contributed by atoms with Gasteiger partial charge in [0.25, 0.3) is 0 Å². The third-order valence-corrected chi connectivity index (χ3v) is 4.14. The van der Waals surface area contributed by atoms with Crippen LogP contribution in [0.1, 0.15) is 33.6 Å². The van der Waals surface area contributed by atoms with E-state index in [1.165, 1.54) is 4.90 Å². The minimum atomic E-state index is -4.73. The molecule has 1 amide bonds. The number of ether oxygens (including phenoxy) is 2. The zero-order chi connectivity index (χ0) is 18.3. The van der Waals surface area contributed by atoms with Crippen LogP contribution in [0.25, 0.3) is 0 Å². The predicted molar refractivity (Wildman–Crippen MR) is 79.4 cm³/mol. The number of fused-ring (bicyclic) bond motifs is 2. The molecule has 24 heavy (non-hydrogen) atoms. The van der Waals surface area contributed by atoms with Crippen molar-refractivity contribution in [3.05, 3.63) is 12.2 Å². The number of morpholine rings is 1. The number of nitrogens with zero attached hydrogens (tertiary/aromatic N) is 1. The summed E-state index contributed by atoms with van der Waals surface area (Å²) in [6.07, 6.45) is -5.03. The van der Waals surface area contributed by atoms with Gasteiger partial charge in [0, 0.05) is 5.92 Å². The van der Waals surface area contributed by atoms with Crippen molar-refractivity contribution in [3.8, 4) is 0 Å². The maximum atomic E-state index is 12.7. The van der Waals surface area contributed by atoms with Crippen molar-refractivity contribution in [3.63, 3.8) is 0 Å². The zero-order valence-corrected chi connectivity index (χ0v) is 14.0. The van der Waals surface area contributed by atoms with Gasteiger partial charge in [-0.05, 0) is 33.6 Å². The highest BCUT2D eigenvalue weighted by atomic mass is 19.4. The Kier molecular flexibility index (Phi) is 4.99. The predicted octanol–water partition coefficient (Wildman–Crippen LogP) is 3.09. The first-order chi connectivity index (χ1) is 10.9. The van der Waals surface area contributed by atoms with E-state index in [4.69, 9.17) is 9.47 Å². The SMILES string of the molecule is C=C(C(=O)C1CC2COCC(C1)N2C(=O)OC(C)(C)C)C(F)(F)F. The molecule has 0 aromatic rings. The molecule has 2 fully saturated rings. The fraction of sp³-hybridized carbons (Fsp3) is 0.750. The fourth-order valence-corrected chi connectivity index (χ4v) is 3.13. The van der Waals surface area contributed by atoms with Crippen molar-refractivity contribution in [1.82, 2.24) is 4.90 Å². The Labute approximate surface area is 138 Å². The molecule has 0 aromatic heterocycles. The summed E-state index contributed by atoms with van der Waals surface area (Å²) in [6.45, 7) is 8.45. The second kappa shape index (κ2) is 6.38. The molecular formula is C16H22F3NO4.